The Morgan fingerprint density at radius 1 is 0.786 bits per heavy atom. The fourth-order valence-electron chi connectivity index (χ4n) is 0.521. The molecular weight excluding hydrogens is 216 g/mol. The van der Waals surface area contributed by atoms with E-state index in [-0.39, 0.29) is 0 Å². The van der Waals surface area contributed by atoms with Gasteiger partial charge in [-0.15, -0.1) is 0 Å². The number of hydrogen-bond donors (Lipinski definition) is 0. The highest BCUT2D eigenvalue weighted by Crippen LogP contribution is 2.35. The zero-order valence-electron chi connectivity index (χ0n) is 7.62. The van der Waals surface area contributed by atoms with Crippen molar-refractivity contribution in [2.24, 2.45) is 0 Å². The van der Waals surface area contributed by atoms with Crippen molar-refractivity contribution < 1.29 is 31.2 Å². The molecule has 0 aliphatic carbocycles. The molecule has 0 saturated heterocycles. The van der Waals surface area contributed by atoms with Crippen LogP contribution in [0.5, 0.6) is 0 Å². The minimum Gasteiger partial charge on any atom is -0.278 e. The van der Waals surface area contributed by atoms with Gasteiger partial charge in [0.15, 0.2) is 0 Å². The summed E-state index contributed by atoms with van der Waals surface area (Å²) in [6.07, 6.45) is -11.2. The Bertz CT molecular complexity index is 176. The summed E-state index contributed by atoms with van der Waals surface area (Å²) in [6, 6.07) is 0. The smallest absolute Gasteiger partial charge is 0.278 e. The lowest BCUT2D eigenvalue weighted by Crippen LogP contribution is -2.51. The fraction of sp³-hybridized carbons (Fsp3) is 1.00. The van der Waals surface area contributed by atoms with Crippen molar-refractivity contribution in [1.29, 1.82) is 0 Å². The molecule has 2 nitrogen and oxygen atoms in total. The molecule has 0 aromatic rings. The predicted octanol–water partition coefficient (Wildman–Crippen LogP) is 3.06. The Kier molecular flexibility index (Phi) is 3.45. The highest BCUT2D eigenvalue weighted by molar-refractivity contribution is 4.61. The van der Waals surface area contributed by atoms with Crippen LogP contribution in [0.25, 0.3) is 0 Å². The highest BCUT2D eigenvalue weighted by atomic mass is 19.4. The summed E-state index contributed by atoms with van der Waals surface area (Å²) in [5.74, 6) is 0. The molecule has 0 fully saturated rings. The molecule has 0 radical (unpaired) electrons. The van der Waals surface area contributed by atoms with Crippen molar-refractivity contribution in [2.75, 3.05) is 0 Å². The normalized spacial score (nSPS) is 15.0. The average Bonchev–Trinajstić information content (AvgIpc) is 1.75. The van der Waals surface area contributed by atoms with Crippen molar-refractivity contribution >= 4 is 0 Å². The van der Waals surface area contributed by atoms with Crippen molar-refractivity contribution in [3.63, 3.8) is 0 Å². The lowest BCUT2D eigenvalue weighted by Gasteiger charge is -2.31. The van der Waals surface area contributed by atoms with Crippen LogP contribution in [0.15, 0.2) is 0 Å². The largest absolute Gasteiger partial charge is 0.490 e. The van der Waals surface area contributed by atoms with E-state index in [1.807, 2.05) is 0 Å². The minimum atomic E-state index is -5.61. The zero-order chi connectivity index (χ0) is 11.8. The molecule has 0 N–H and O–H groups in total. The number of hydroxylamine groups is 2. The second-order valence-corrected chi connectivity index (χ2v) is 3.43. The summed E-state index contributed by atoms with van der Waals surface area (Å²) in [7, 11) is 0. The number of rotatable bonds is 1. The number of halogens is 6. The van der Waals surface area contributed by atoms with Crippen LogP contribution in [0.3, 0.4) is 0 Å². The molecule has 0 saturated carbocycles. The van der Waals surface area contributed by atoms with E-state index in [4.69, 9.17) is 0 Å². The molecule has 0 aliphatic rings. The molecule has 0 atom stereocenters. The third-order valence-corrected chi connectivity index (χ3v) is 0.826. The van der Waals surface area contributed by atoms with E-state index < -0.39 is 23.3 Å². The first-order valence-corrected chi connectivity index (χ1v) is 3.47. The molecule has 0 unspecified atom stereocenters. The summed E-state index contributed by atoms with van der Waals surface area (Å²) >= 11 is 0. The monoisotopic (exact) mass is 225 g/mol. The molecule has 86 valence electrons. The molecule has 0 heterocycles. The average molecular weight is 225 g/mol. The van der Waals surface area contributed by atoms with Crippen molar-refractivity contribution in [3.05, 3.63) is 0 Å². The van der Waals surface area contributed by atoms with Crippen LogP contribution in [0.4, 0.5) is 26.3 Å². The number of alkyl halides is 6. The van der Waals surface area contributed by atoms with Gasteiger partial charge >= 0.3 is 12.6 Å². The first-order chi connectivity index (χ1) is 5.84. The first-order valence-electron chi connectivity index (χ1n) is 3.47. The van der Waals surface area contributed by atoms with Crippen LogP contribution < -0.4 is 0 Å². The third-order valence-electron chi connectivity index (χ3n) is 0.826. The number of nitrogens with zero attached hydrogens (tertiary/aromatic N) is 1. The van der Waals surface area contributed by atoms with Crippen LogP contribution in [0.2, 0.25) is 0 Å². The molecule has 8 heteroatoms. The molecule has 0 bridgehead atoms. The van der Waals surface area contributed by atoms with Gasteiger partial charge in [0.2, 0.25) is 0 Å². The highest BCUT2D eigenvalue weighted by Gasteiger charge is 2.57. The summed E-state index contributed by atoms with van der Waals surface area (Å²) in [4.78, 5) is 3.75. The topological polar surface area (TPSA) is 12.5 Å². The van der Waals surface area contributed by atoms with Gasteiger partial charge in [-0.25, -0.2) is 0 Å². The Morgan fingerprint density at radius 3 is 1.14 bits per heavy atom. The summed E-state index contributed by atoms with van der Waals surface area (Å²) in [5, 5.41) is -1.92. The van der Waals surface area contributed by atoms with Gasteiger partial charge in [-0.3, -0.25) is 4.84 Å². The van der Waals surface area contributed by atoms with E-state index in [2.05, 4.69) is 4.84 Å². The van der Waals surface area contributed by atoms with E-state index in [1.54, 1.807) is 0 Å². The van der Waals surface area contributed by atoms with Crippen LogP contribution in [-0.2, 0) is 4.84 Å². The van der Waals surface area contributed by atoms with Gasteiger partial charge in [0.05, 0.1) is 5.60 Å². The second kappa shape index (κ2) is 3.58. The predicted molar refractivity (Wildman–Crippen MR) is 34.8 cm³/mol. The van der Waals surface area contributed by atoms with Gasteiger partial charge in [-0.1, -0.05) is 0 Å². The van der Waals surface area contributed by atoms with Crippen molar-refractivity contribution in [2.45, 2.75) is 39.0 Å². The quantitative estimate of drug-likeness (QED) is 0.386. The molecule has 0 rings (SSSR count). The lowest BCUT2D eigenvalue weighted by atomic mass is 10.2. The van der Waals surface area contributed by atoms with E-state index in [9.17, 15) is 26.3 Å². The number of hydrogen-bond acceptors (Lipinski definition) is 2. The van der Waals surface area contributed by atoms with E-state index >= 15 is 0 Å². The lowest BCUT2D eigenvalue weighted by molar-refractivity contribution is -0.500. The van der Waals surface area contributed by atoms with E-state index in [0.717, 1.165) is 20.8 Å². The van der Waals surface area contributed by atoms with Crippen molar-refractivity contribution in [1.82, 2.24) is 5.06 Å². The summed E-state index contributed by atoms with van der Waals surface area (Å²) < 4.78 is 71.0. The second-order valence-electron chi connectivity index (χ2n) is 3.43. The van der Waals surface area contributed by atoms with Gasteiger partial charge in [0.25, 0.3) is 0 Å². The van der Waals surface area contributed by atoms with Crippen molar-refractivity contribution in [3.8, 4) is 0 Å². The zero-order valence-corrected chi connectivity index (χ0v) is 7.62. The van der Waals surface area contributed by atoms with E-state index in [0.29, 0.717) is 0 Å². The maximum absolute atomic E-state index is 11.8. The summed E-state index contributed by atoms with van der Waals surface area (Å²) in [6.45, 7) is 3.24. The SMILES string of the molecule is CC(C)(C)ON(C(F)(F)F)C(F)(F)F. The molecule has 14 heavy (non-hydrogen) atoms. The van der Waals surface area contributed by atoms with Crippen LogP contribution >= 0.6 is 0 Å². The molecule has 0 aliphatic heterocycles. The Hall–Kier alpha value is -0.500. The van der Waals surface area contributed by atoms with Gasteiger partial charge < -0.3 is 0 Å². The van der Waals surface area contributed by atoms with Crippen LogP contribution in [0, 0.1) is 0 Å². The Labute approximate surface area is 76.4 Å². The molecular formula is C6H9F6NO. The van der Waals surface area contributed by atoms with Gasteiger partial charge in [-0.05, 0) is 20.8 Å². The first kappa shape index (κ1) is 13.5. The minimum absolute atomic E-state index is 1.08. The van der Waals surface area contributed by atoms with Gasteiger partial charge in [-0.2, -0.15) is 26.3 Å². The van der Waals surface area contributed by atoms with Gasteiger partial charge in [0, 0.05) is 5.06 Å². The molecule has 0 amide bonds. The molecule has 0 aromatic heterocycles. The summed E-state index contributed by atoms with van der Waals surface area (Å²) in [5.41, 5.74) is -1.58. The fourth-order valence-corrected chi connectivity index (χ4v) is 0.521. The van der Waals surface area contributed by atoms with E-state index in [1.165, 1.54) is 0 Å². The van der Waals surface area contributed by atoms with Crippen LogP contribution in [-0.4, -0.2) is 23.3 Å². The van der Waals surface area contributed by atoms with Crippen LogP contribution in [0.1, 0.15) is 20.8 Å². The Balaban J connectivity index is 4.78. The molecule has 0 spiro atoms. The standard InChI is InChI=1S/C6H9F6NO/c1-4(2,3)14-13(5(7,8)9)6(10,11)12/h1-3H3. The maximum atomic E-state index is 11.8. The maximum Gasteiger partial charge on any atom is 0.490 e. The molecule has 0 aromatic carbocycles. The third kappa shape index (κ3) is 4.66. The van der Waals surface area contributed by atoms with Gasteiger partial charge in [0.1, 0.15) is 0 Å². The Morgan fingerprint density at radius 2 is 1.07 bits per heavy atom.